The molecule has 0 aliphatic heterocycles. The Kier molecular flexibility index (Phi) is 3.64. The van der Waals surface area contributed by atoms with E-state index < -0.39 is 0 Å². The second-order valence-electron chi connectivity index (χ2n) is 4.02. The number of nitrogens with zero attached hydrogens (tertiary/aromatic N) is 2. The molecule has 0 unspecified atom stereocenters. The fourth-order valence-electron chi connectivity index (χ4n) is 1.63. The zero-order valence-corrected chi connectivity index (χ0v) is 10.8. The van der Waals surface area contributed by atoms with E-state index in [1.54, 1.807) is 0 Å². The summed E-state index contributed by atoms with van der Waals surface area (Å²) in [6, 6.07) is 14.3. The van der Waals surface area contributed by atoms with Gasteiger partial charge in [-0.15, -0.1) is 11.6 Å². The second-order valence-corrected chi connectivity index (χ2v) is 4.28. The first kappa shape index (κ1) is 11.9. The van der Waals surface area contributed by atoms with Crippen LogP contribution in [0, 0.1) is 6.92 Å². The average Bonchev–Trinajstić information content (AvgIpc) is 2.39. The minimum atomic E-state index is 0.440. The predicted molar refractivity (Wildman–Crippen MR) is 73.0 cm³/mol. The highest BCUT2D eigenvalue weighted by Gasteiger charge is 2.05. The number of aromatic nitrogens is 1. The van der Waals surface area contributed by atoms with Gasteiger partial charge in [0.2, 0.25) is 0 Å². The van der Waals surface area contributed by atoms with Crippen LogP contribution in [0.3, 0.4) is 0 Å². The highest BCUT2D eigenvalue weighted by Crippen LogP contribution is 2.22. The molecule has 0 fully saturated rings. The van der Waals surface area contributed by atoms with E-state index in [2.05, 4.69) is 41.1 Å². The van der Waals surface area contributed by atoms with Crippen molar-refractivity contribution in [3.05, 3.63) is 53.7 Å². The quantitative estimate of drug-likeness (QED) is 0.764. The highest BCUT2D eigenvalue weighted by molar-refractivity contribution is 6.16. The zero-order chi connectivity index (χ0) is 12.3. The van der Waals surface area contributed by atoms with Crippen LogP contribution in [0.5, 0.6) is 0 Å². The summed E-state index contributed by atoms with van der Waals surface area (Å²) >= 11 is 5.79. The number of hydrogen-bond donors (Lipinski definition) is 0. The van der Waals surface area contributed by atoms with E-state index in [9.17, 15) is 0 Å². The van der Waals surface area contributed by atoms with Crippen molar-refractivity contribution >= 4 is 23.1 Å². The number of benzene rings is 1. The molecule has 0 saturated heterocycles. The number of hydrogen-bond acceptors (Lipinski definition) is 2. The Balaban J connectivity index is 2.29. The Hall–Kier alpha value is -1.54. The van der Waals surface area contributed by atoms with Gasteiger partial charge in [-0.05, 0) is 31.2 Å². The lowest BCUT2D eigenvalue weighted by molar-refractivity contribution is 1.08. The predicted octanol–water partition coefficient (Wildman–Crippen LogP) is 3.90. The Morgan fingerprint density at radius 2 is 1.82 bits per heavy atom. The molecule has 3 heteroatoms. The number of pyridine rings is 1. The molecule has 0 radical (unpaired) electrons. The van der Waals surface area contributed by atoms with Gasteiger partial charge in [-0.1, -0.05) is 23.8 Å². The number of alkyl halides is 1. The SMILES string of the molecule is Cc1ccc(N(C)c2cccc(CCl)n2)cc1. The first-order chi connectivity index (χ1) is 8.20. The van der Waals surface area contributed by atoms with E-state index in [0.29, 0.717) is 5.88 Å². The van der Waals surface area contributed by atoms with Gasteiger partial charge in [-0.3, -0.25) is 0 Å². The van der Waals surface area contributed by atoms with Crippen molar-refractivity contribution < 1.29 is 0 Å². The summed E-state index contributed by atoms with van der Waals surface area (Å²) in [6.07, 6.45) is 0. The normalized spacial score (nSPS) is 10.3. The first-order valence-electron chi connectivity index (χ1n) is 5.53. The molecule has 1 aromatic heterocycles. The van der Waals surface area contributed by atoms with Gasteiger partial charge in [0.05, 0.1) is 11.6 Å². The number of aryl methyl sites for hydroxylation is 1. The van der Waals surface area contributed by atoms with E-state index in [-0.39, 0.29) is 0 Å². The van der Waals surface area contributed by atoms with Crippen LogP contribution >= 0.6 is 11.6 Å². The maximum Gasteiger partial charge on any atom is 0.133 e. The van der Waals surface area contributed by atoms with Crippen molar-refractivity contribution in [2.45, 2.75) is 12.8 Å². The third-order valence-electron chi connectivity index (χ3n) is 2.69. The molecule has 2 nitrogen and oxygen atoms in total. The minimum Gasteiger partial charge on any atom is -0.329 e. The molecule has 0 atom stereocenters. The lowest BCUT2D eigenvalue weighted by Crippen LogP contribution is -2.11. The molecule has 2 rings (SSSR count). The van der Waals surface area contributed by atoms with Crippen LogP contribution in [0.25, 0.3) is 0 Å². The van der Waals surface area contributed by atoms with Crippen LogP contribution in [0.4, 0.5) is 11.5 Å². The summed E-state index contributed by atoms with van der Waals surface area (Å²) in [5.41, 5.74) is 3.27. The smallest absolute Gasteiger partial charge is 0.133 e. The second kappa shape index (κ2) is 5.19. The van der Waals surface area contributed by atoms with E-state index >= 15 is 0 Å². The van der Waals surface area contributed by atoms with Gasteiger partial charge in [-0.2, -0.15) is 0 Å². The largest absolute Gasteiger partial charge is 0.329 e. The highest BCUT2D eigenvalue weighted by atomic mass is 35.5. The summed E-state index contributed by atoms with van der Waals surface area (Å²) < 4.78 is 0. The molecule has 1 aromatic carbocycles. The molecule has 0 spiro atoms. The maximum atomic E-state index is 5.79. The van der Waals surface area contributed by atoms with Gasteiger partial charge in [0.15, 0.2) is 0 Å². The summed E-state index contributed by atoms with van der Waals surface area (Å²) in [7, 11) is 2.00. The first-order valence-corrected chi connectivity index (χ1v) is 6.06. The molecular formula is C14H15ClN2. The van der Waals surface area contributed by atoms with Crippen LogP contribution in [0.15, 0.2) is 42.5 Å². The number of anilines is 2. The van der Waals surface area contributed by atoms with Gasteiger partial charge in [0, 0.05) is 12.7 Å². The number of halogens is 1. The molecule has 0 bridgehead atoms. The number of rotatable bonds is 3. The van der Waals surface area contributed by atoms with E-state index in [4.69, 9.17) is 11.6 Å². The zero-order valence-electron chi connectivity index (χ0n) is 10.0. The third-order valence-corrected chi connectivity index (χ3v) is 2.97. The summed E-state index contributed by atoms with van der Waals surface area (Å²) in [5, 5.41) is 0. The molecule has 0 amide bonds. The van der Waals surface area contributed by atoms with E-state index in [0.717, 1.165) is 17.2 Å². The summed E-state index contributed by atoms with van der Waals surface area (Å²) in [5.74, 6) is 1.35. The molecule has 88 valence electrons. The van der Waals surface area contributed by atoms with Gasteiger partial charge < -0.3 is 4.90 Å². The lowest BCUT2D eigenvalue weighted by Gasteiger charge is -2.18. The van der Waals surface area contributed by atoms with Crippen LogP contribution in [-0.4, -0.2) is 12.0 Å². The van der Waals surface area contributed by atoms with Crippen LogP contribution in [0.1, 0.15) is 11.3 Å². The van der Waals surface area contributed by atoms with Crippen molar-refractivity contribution in [3.63, 3.8) is 0 Å². The van der Waals surface area contributed by atoms with Crippen molar-refractivity contribution in [2.75, 3.05) is 11.9 Å². The van der Waals surface area contributed by atoms with Crippen molar-refractivity contribution in [3.8, 4) is 0 Å². The fourth-order valence-corrected chi connectivity index (χ4v) is 1.78. The van der Waals surface area contributed by atoms with Gasteiger partial charge in [0.1, 0.15) is 5.82 Å². The van der Waals surface area contributed by atoms with Gasteiger partial charge in [0.25, 0.3) is 0 Å². The molecule has 2 aromatic rings. The van der Waals surface area contributed by atoms with Gasteiger partial charge >= 0.3 is 0 Å². The van der Waals surface area contributed by atoms with Crippen molar-refractivity contribution in [1.29, 1.82) is 0 Å². The van der Waals surface area contributed by atoms with E-state index in [1.807, 2.05) is 25.2 Å². The average molecular weight is 247 g/mol. The van der Waals surface area contributed by atoms with Crippen LogP contribution in [-0.2, 0) is 5.88 Å². The van der Waals surface area contributed by atoms with Crippen LogP contribution < -0.4 is 4.90 Å². The van der Waals surface area contributed by atoms with Gasteiger partial charge in [-0.25, -0.2) is 4.98 Å². The molecular weight excluding hydrogens is 232 g/mol. The standard InChI is InChI=1S/C14H15ClN2/c1-11-6-8-13(9-7-11)17(2)14-5-3-4-12(10-15)16-14/h3-9H,10H2,1-2H3. The van der Waals surface area contributed by atoms with E-state index in [1.165, 1.54) is 5.56 Å². The molecule has 1 heterocycles. The van der Waals surface area contributed by atoms with Crippen molar-refractivity contribution in [2.24, 2.45) is 0 Å². The molecule has 0 N–H and O–H groups in total. The third kappa shape index (κ3) is 2.77. The van der Waals surface area contributed by atoms with Crippen molar-refractivity contribution in [1.82, 2.24) is 4.98 Å². The fraction of sp³-hybridized carbons (Fsp3) is 0.214. The maximum absolute atomic E-state index is 5.79. The molecule has 0 aliphatic carbocycles. The minimum absolute atomic E-state index is 0.440. The Bertz CT molecular complexity index is 494. The van der Waals surface area contributed by atoms with Crippen LogP contribution in [0.2, 0.25) is 0 Å². The summed E-state index contributed by atoms with van der Waals surface area (Å²) in [4.78, 5) is 6.54. The summed E-state index contributed by atoms with van der Waals surface area (Å²) in [6.45, 7) is 2.08. The Morgan fingerprint density at radius 3 is 2.47 bits per heavy atom. The molecule has 0 aliphatic rings. The Morgan fingerprint density at radius 1 is 1.12 bits per heavy atom. The molecule has 0 saturated carbocycles. The topological polar surface area (TPSA) is 16.1 Å². The monoisotopic (exact) mass is 246 g/mol. The Labute approximate surface area is 107 Å². The molecule has 17 heavy (non-hydrogen) atoms. The lowest BCUT2D eigenvalue weighted by atomic mass is 10.2.